The van der Waals surface area contributed by atoms with E-state index in [4.69, 9.17) is 0 Å². The minimum absolute atomic E-state index is 0. The zero-order chi connectivity index (χ0) is 17.5. The zero-order valence-corrected chi connectivity index (χ0v) is 19.2. The number of hydrogen-bond donors (Lipinski definition) is 0. The maximum absolute atomic E-state index is 12.9. The first-order valence-corrected chi connectivity index (χ1v) is 8.29. The van der Waals surface area contributed by atoms with E-state index in [0.29, 0.717) is 5.57 Å². The second kappa shape index (κ2) is 11.9. The van der Waals surface area contributed by atoms with Crippen LogP contribution in [0.15, 0.2) is 59.7 Å². The number of benzene rings is 2. The van der Waals surface area contributed by atoms with Crippen molar-refractivity contribution < 1.29 is 37.5 Å². The molecule has 0 fully saturated rings. The standard InChI is InChI=1S/C19H18N2O.C2H6.CH3.Y/c1-21(2)20-12-11-18-16-9-5-3-7-14(16)13-15-8-4-6-10-17(15)19(18)22;1-2;;/h3-12H,13H2,1-2H3;1-2H3;1H3;/q;;-1;/b18-11-,20-12+;;;. The Morgan fingerprint density at radius 2 is 1.42 bits per heavy atom. The Morgan fingerprint density at radius 3 is 2.00 bits per heavy atom. The van der Waals surface area contributed by atoms with Crippen molar-refractivity contribution >= 4 is 17.6 Å². The van der Waals surface area contributed by atoms with Gasteiger partial charge in [0, 0.05) is 64.2 Å². The summed E-state index contributed by atoms with van der Waals surface area (Å²) in [6.45, 7) is 4.00. The molecule has 2 aromatic carbocycles. The van der Waals surface area contributed by atoms with Gasteiger partial charge in [-0.25, -0.2) is 0 Å². The fourth-order valence-corrected chi connectivity index (χ4v) is 2.71. The summed E-state index contributed by atoms with van der Waals surface area (Å²) in [5.74, 6) is 0.0609. The van der Waals surface area contributed by atoms with E-state index in [1.807, 2.05) is 76.5 Å². The molecule has 2 aromatic rings. The van der Waals surface area contributed by atoms with Gasteiger partial charge >= 0.3 is 0 Å². The number of fused-ring (bicyclic) bond motifs is 2. The Morgan fingerprint density at radius 1 is 0.923 bits per heavy atom. The normalized spacial score (nSPS) is 13.4. The second-order valence-corrected chi connectivity index (χ2v) is 5.51. The maximum atomic E-state index is 12.9. The Balaban J connectivity index is 0.00000151. The molecule has 26 heavy (non-hydrogen) atoms. The molecule has 1 aliphatic rings. The first-order valence-electron chi connectivity index (χ1n) is 8.29. The van der Waals surface area contributed by atoms with Crippen LogP contribution in [0.3, 0.4) is 0 Å². The van der Waals surface area contributed by atoms with E-state index in [9.17, 15) is 4.79 Å². The SMILES string of the molecule is CC.CN(C)/N=C/C=C1\C(=O)c2ccccc2Cc2ccccc21.[CH3-].[Y]. The number of hydrogen-bond acceptors (Lipinski definition) is 3. The topological polar surface area (TPSA) is 32.7 Å². The van der Waals surface area contributed by atoms with Gasteiger partial charge in [-0.2, -0.15) is 5.10 Å². The summed E-state index contributed by atoms with van der Waals surface area (Å²) in [6, 6.07) is 15.9. The molecule has 0 N–H and O–H groups in total. The molecule has 3 rings (SSSR count). The molecular weight excluding hydrogens is 397 g/mol. The molecule has 3 nitrogen and oxygen atoms in total. The molecule has 1 aliphatic carbocycles. The molecule has 135 valence electrons. The summed E-state index contributed by atoms with van der Waals surface area (Å²) in [6.07, 6.45) is 4.27. The summed E-state index contributed by atoms with van der Waals surface area (Å²) in [5, 5.41) is 5.90. The number of nitrogens with zero attached hydrogens (tertiary/aromatic N) is 2. The van der Waals surface area contributed by atoms with E-state index in [-0.39, 0.29) is 45.9 Å². The van der Waals surface area contributed by atoms with Gasteiger partial charge in [0.25, 0.3) is 0 Å². The Bertz CT molecular complexity index is 779. The van der Waals surface area contributed by atoms with Crippen LogP contribution in [-0.2, 0) is 39.1 Å². The zero-order valence-electron chi connectivity index (χ0n) is 16.4. The molecule has 0 aliphatic heterocycles. The van der Waals surface area contributed by atoms with Crippen molar-refractivity contribution in [2.45, 2.75) is 20.3 Å². The monoisotopic (exact) mass is 424 g/mol. The average molecular weight is 424 g/mol. The van der Waals surface area contributed by atoms with Gasteiger partial charge in [-0.1, -0.05) is 62.4 Å². The number of allylic oxidation sites excluding steroid dienone is 2. The number of carbonyl (C=O) groups excluding carboxylic acids is 1. The molecule has 0 saturated heterocycles. The molecule has 0 spiro atoms. The predicted molar refractivity (Wildman–Crippen MR) is 108 cm³/mol. The van der Waals surface area contributed by atoms with E-state index in [0.717, 1.165) is 23.1 Å². The molecule has 4 heteroatoms. The molecule has 0 bridgehead atoms. The molecule has 0 heterocycles. The van der Waals surface area contributed by atoms with Crippen LogP contribution in [0.5, 0.6) is 0 Å². The Labute approximate surface area is 183 Å². The van der Waals surface area contributed by atoms with Crippen LogP contribution < -0.4 is 0 Å². The van der Waals surface area contributed by atoms with Gasteiger partial charge < -0.3 is 12.4 Å². The third-order valence-corrected chi connectivity index (χ3v) is 3.73. The summed E-state index contributed by atoms with van der Waals surface area (Å²) >= 11 is 0. The fourth-order valence-electron chi connectivity index (χ4n) is 2.71. The number of ketones is 1. The second-order valence-electron chi connectivity index (χ2n) is 5.51. The summed E-state index contributed by atoms with van der Waals surface area (Å²) in [5.41, 5.74) is 4.72. The van der Waals surface area contributed by atoms with E-state index in [1.165, 1.54) is 5.56 Å². The van der Waals surface area contributed by atoms with Crippen molar-refractivity contribution in [3.8, 4) is 0 Å². The molecule has 0 unspecified atom stereocenters. The maximum Gasteiger partial charge on any atom is 0.193 e. The molecule has 0 saturated carbocycles. The summed E-state index contributed by atoms with van der Waals surface area (Å²) < 4.78 is 0. The quantitative estimate of drug-likeness (QED) is 0.298. The van der Waals surface area contributed by atoms with Crippen LogP contribution in [0.4, 0.5) is 0 Å². The third kappa shape index (κ3) is 5.72. The van der Waals surface area contributed by atoms with Crippen LogP contribution in [0.2, 0.25) is 0 Å². The fraction of sp³-hybridized carbons (Fsp3) is 0.227. The molecule has 0 aromatic heterocycles. The molecule has 0 amide bonds. The van der Waals surface area contributed by atoms with Gasteiger partial charge in [0.05, 0.1) is 0 Å². The predicted octanol–water partition coefficient (Wildman–Crippen LogP) is 4.88. The minimum Gasteiger partial charge on any atom is -0.358 e. The summed E-state index contributed by atoms with van der Waals surface area (Å²) in [7, 11) is 3.71. The molecular formula is C22H27N2OY-. The molecule has 1 radical (unpaired) electrons. The average Bonchev–Trinajstić information content (AvgIpc) is 2.72. The Hall–Kier alpha value is -1.58. The van der Waals surface area contributed by atoms with Crippen molar-refractivity contribution in [2.75, 3.05) is 14.1 Å². The minimum atomic E-state index is 0. The van der Waals surface area contributed by atoms with Crippen molar-refractivity contribution in [1.29, 1.82) is 0 Å². The van der Waals surface area contributed by atoms with E-state index < -0.39 is 0 Å². The first-order chi connectivity index (χ1) is 11.7. The van der Waals surface area contributed by atoms with E-state index in [1.54, 1.807) is 11.2 Å². The first kappa shape index (κ1) is 24.4. The van der Waals surface area contributed by atoms with Gasteiger partial charge in [-0.3, -0.25) is 4.79 Å². The van der Waals surface area contributed by atoms with Gasteiger partial charge in [0.2, 0.25) is 0 Å². The van der Waals surface area contributed by atoms with Crippen LogP contribution in [0, 0.1) is 7.43 Å². The van der Waals surface area contributed by atoms with Crippen molar-refractivity contribution in [3.63, 3.8) is 0 Å². The van der Waals surface area contributed by atoms with Crippen molar-refractivity contribution in [3.05, 3.63) is 84.3 Å². The van der Waals surface area contributed by atoms with Gasteiger partial charge in [0.1, 0.15) is 0 Å². The van der Waals surface area contributed by atoms with Crippen molar-refractivity contribution in [1.82, 2.24) is 5.01 Å². The van der Waals surface area contributed by atoms with Gasteiger partial charge in [-0.15, -0.1) is 0 Å². The number of carbonyl (C=O) groups is 1. The number of hydrazone groups is 1. The van der Waals surface area contributed by atoms with Crippen LogP contribution >= 0.6 is 0 Å². The van der Waals surface area contributed by atoms with Crippen LogP contribution in [0.1, 0.15) is 40.9 Å². The summed E-state index contributed by atoms with van der Waals surface area (Å²) in [4.78, 5) is 12.9. The number of Topliss-reactive ketones (excluding diaryl/α,β-unsaturated/α-hetero) is 1. The Kier molecular flexibility index (Phi) is 11.2. The van der Waals surface area contributed by atoms with Gasteiger partial charge in [-0.05, 0) is 29.2 Å². The van der Waals surface area contributed by atoms with E-state index in [2.05, 4.69) is 11.2 Å². The largest absolute Gasteiger partial charge is 0.358 e. The van der Waals surface area contributed by atoms with Gasteiger partial charge in [0.15, 0.2) is 5.78 Å². The number of rotatable bonds is 2. The third-order valence-electron chi connectivity index (χ3n) is 3.73. The molecule has 0 atom stereocenters. The van der Waals surface area contributed by atoms with Crippen LogP contribution in [0.25, 0.3) is 5.57 Å². The van der Waals surface area contributed by atoms with Crippen LogP contribution in [-0.4, -0.2) is 31.1 Å². The van der Waals surface area contributed by atoms with Crippen molar-refractivity contribution in [2.24, 2.45) is 5.10 Å². The smallest absolute Gasteiger partial charge is 0.193 e. The van der Waals surface area contributed by atoms with E-state index >= 15 is 0 Å².